The molecule has 0 saturated carbocycles. The highest BCUT2D eigenvalue weighted by Gasteiger charge is 2.31. The molecule has 2 aromatic rings. The number of aromatic nitrogens is 3. The fraction of sp³-hybridized carbons (Fsp3) is 0.591. The summed E-state index contributed by atoms with van der Waals surface area (Å²) in [5.74, 6) is 2.06. The number of ether oxygens (including phenoxy) is 1. The van der Waals surface area contributed by atoms with Crippen LogP contribution in [0, 0.1) is 10.1 Å². The monoisotopic (exact) mass is 457 g/mol. The van der Waals surface area contributed by atoms with E-state index >= 15 is 0 Å². The fourth-order valence-electron chi connectivity index (χ4n) is 4.44. The summed E-state index contributed by atoms with van der Waals surface area (Å²) in [6.07, 6.45) is 1.51. The highest BCUT2D eigenvalue weighted by atomic mass is 16.6. The van der Waals surface area contributed by atoms with Gasteiger partial charge in [-0.15, -0.1) is 10.2 Å². The van der Waals surface area contributed by atoms with Gasteiger partial charge in [0.2, 0.25) is 0 Å². The second kappa shape index (κ2) is 8.87. The molecule has 1 aromatic heterocycles. The van der Waals surface area contributed by atoms with Crippen molar-refractivity contribution >= 4 is 23.2 Å². The number of hydrogen-bond donors (Lipinski definition) is 1. The quantitative estimate of drug-likeness (QED) is 0.548. The van der Waals surface area contributed by atoms with Crippen LogP contribution in [0.1, 0.15) is 51.2 Å². The lowest BCUT2D eigenvalue weighted by molar-refractivity contribution is -0.383. The molecule has 1 saturated heterocycles. The van der Waals surface area contributed by atoms with E-state index in [2.05, 4.69) is 25.0 Å². The number of anilines is 2. The van der Waals surface area contributed by atoms with Gasteiger partial charge in [-0.25, -0.2) is 4.79 Å². The molecule has 0 spiro atoms. The number of nitrogens with one attached hydrogen (secondary N) is 1. The maximum atomic E-state index is 12.4. The SMILES string of the molecule is CNc1cc(N2CCC(c3nnc4n3CCN(C(=O)OC(C)(C)C)C4)CC2)ccc1[N+](=O)[O-]. The van der Waals surface area contributed by atoms with Crippen molar-refractivity contribution in [2.45, 2.75) is 58.2 Å². The summed E-state index contributed by atoms with van der Waals surface area (Å²) in [5.41, 5.74) is 1.03. The number of nitrogens with zero attached hydrogens (tertiary/aromatic N) is 6. The number of benzene rings is 1. The van der Waals surface area contributed by atoms with Crippen LogP contribution in [0.3, 0.4) is 0 Å². The van der Waals surface area contributed by atoms with Crippen LogP contribution >= 0.6 is 0 Å². The molecular weight excluding hydrogens is 426 g/mol. The number of nitro groups is 1. The highest BCUT2D eigenvalue weighted by molar-refractivity contribution is 5.69. The standard InChI is InChI=1S/C22H31N7O4/c1-22(2,3)33-21(30)27-11-12-28-19(14-27)24-25-20(28)15-7-9-26(10-8-15)16-5-6-18(29(31)32)17(13-16)23-4/h5-6,13,15,23H,7-12,14H2,1-4H3. The normalized spacial score (nSPS) is 17.0. The van der Waals surface area contributed by atoms with Crippen LogP contribution < -0.4 is 10.2 Å². The van der Waals surface area contributed by atoms with Crippen LogP contribution in [0.2, 0.25) is 0 Å². The lowest BCUT2D eigenvalue weighted by atomic mass is 9.95. The minimum Gasteiger partial charge on any atom is -0.444 e. The Labute approximate surface area is 192 Å². The van der Waals surface area contributed by atoms with E-state index in [1.54, 1.807) is 18.0 Å². The average Bonchev–Trinajstić information content (AvgIpc) is 3.21. The van der Waals surface area contributed by atoms with Crippen molar-refractivity contribution in [2.75, 3.05) is 36.9 Å². The molecule has 33 heavy (non-hydrogen) atoms. The van der Waals surface area contributed by atoms with Gasteiger partial charge in [0.15, 0.2) is 5.82 Å². The second-order valence-corrected chi connectivity index (χ2v) is 9.50. The van der Waals surface area contributed by atoms with Gasteiger partial charge in [0.05, 0.1) is 11.5 Å². The Morgan fingerprint density at radius 2 is 1.91 bits per heavy atom. The van der Waals surface area contributed by atoms with E-state index in [0.717, 1.165) is 43.3 Å². The first-order valence-corrected chi connectivity index (χ1v) is 11.3. The summed E-state index contributed by atoms with van der Waals surface area (Å²) in [7, 11) is 1.69. The van der Waals surface area contributed by atoms with Gasteiger partial charge >= 0.3 is 6.09 Å². The van der Waals surface area contributed by atoms with Crippen LogP contribution in [-0.4, -0.2) is 63.0 Å². The molecule has 0 atom stereocenters. The minimum atomic E-state index is -0.529. The van der Waals surface area contributed by atoms with E-state index < -0.39 is 5.60 Å². The minimum absolute atomic E-state index is 0.0756. The summed E-state index contributed by atoms with van der Waals surface area (Å²) in [6, 6.07) is 5.20. The number of carbonyl (C=O) groups is 1. The van der Waals surface area contributed by atoms with Gasteiger partial charge in [-0.05, 0) is 45.7 Å². The largest absolute Gasteiger partial charge is 0.444 e. The molecule has 1 fully saturated rings. The molecule has 3 heterocycles. The van der Waals surface area contributed by atoms with Gasteiger partial charge in [-0.1, -0.05) is 0 Å². The zero-order valence-corrected chi connectivity index (χ0v) is 19.6. The smallest absolute Gasteiger partial charge is 0.410 e. The molecule has 11 nitrogen and oxygen atoms in total. The molecule has 1 amide bonds. The first-order valence-electron chi connectivity index (χ1n) is 11.3. The van der Waals surface area contributed by atoms with Crippen LogP contribution in [0.4, 0.5) is 21.9 Å². The van der Waals surface area contributed by atoms with E-state index in [-0.39, 0.29) is 22.6 Å². The zero-order valence-electron chi connectivity index (χ0n) is 19.6. The Hall–Kier alpha value is -3.37. The molecule has 4 rings (SSSR count). The molecule has 0 bridgehead atoms. The topological polar surface area (TPSA) is 119 Å². The van der Waals surface area contributed by atoms with Crippen molar-refractivity contribution in [1.29, 1.82) is 0 Å². The first-order chi connectivity index (χ1) is 15.7. The average molecular weight is 458 g/mol. The third kappa shape index (κ3) is 4.86. The van der Waals surface area contributed by atoms with Crippen LogP contribution in [0.5, 0.6) is 0 Å². The Morgan fingerprint density at radius 3 is 2.55 bits per heavy atom. The van der Waals surface area contributed by atoms with E-state index in [9.17, 15) is 14.9 Å². The number of hydrogen-bond acceptors (Lipinski definition) is 8. The molecule has 0 unspecified atom stereocenters. The summed E-state index contributed by atoms with van der Waals surface area (Å²) >= 11 is 0. The van der Waals surface area contributed by atoms with Crippen molar-refractivity contribution in [2.24, 2.45) is 0 Å². The van der Waals surface area contributed by atoms with Crippen molar-refractivity contribution in [3.8, 4) is 0 Å². The molecule has 2 aliphatic rings. The molecule has 2 aliphatic heterocycles. The van der Waals surface area contributed by atoms with Gasteiger partial charge in [-0.3, -0.25) is 15.0 Å². The maximum absolute atomic E-state index is 12.4. The number of carbonyl (C=O) groups excluding carboxylic acids is 1. The zero-order chi connectivity index (χ0) is 23.8. The van der Waals surface area contributed by atoms with Crippen LogP contribution in [0.25, 0.3) is 0 Å². The summed E-state index contributed by atoms with van der Waals surface area (Å²) < 4.78 is 7.63. The molecule has 0 radical (unpaired) electrons. The van der Waals surface area contributed by atoms with Gasteiger partial charge in [0, 0.05) is 50.9 Å². The predicted molar refractivity (Wildman–Crippen MR) is 123 cm³/mol. The van der Waals surface area contributed by atoms with Crippen LogP contribution in [0.15, 0.2) is 18.2 Å². The predicted octanol–water partition coefficient (Wildman–Crippen LogP) is 3.36. The Balaban J connectivity index is 1.40. The van der Waals surface area contributed by atoms with Gasteiger partial charge < -0.3 is 19.5 Å². The van der Waals surface area contributed by atoms with Gasteiger partial charge in [0.1, 0.15) is 17.1 Å². The van der Waals surface area contributed by atoms with Gasteiger partial charge in [-0.2, -0.15) is 0 Å². The third-order valence-electron chi connectivity index (χ3n) is 6.10. The summed E-state index contributed by atoms with van der Waals surface area (Å²) in [4.78, 5) is 27.1. The van der Waals surface area contributed by atoms with E-state index in [4.69, 9.17) is 4.74 Å². The lowest BCUT2D eigenvalue weighted by Crippen LogP contribution is -2.42. The van der Waals surface area contributed by atoms with Gasteiger partial charge in [0.25, 0.3) is 5.69 Å². The first kappa shape index (κ1) is 22.8. The summed E-state index contributed by atoms with van der Waals surface area (Å²) in [6.45, 7) is 8.87. The number of rotatable bonds is 4. The molecule has 178 valence electrons. The number of piperidine rings is 1. The third-order valence-corrected chi connectivity index (χ3v) is 6.10. The number of nitro benzene ring substituents is 1. The lowest BCUT2D eigenvalue weighted by Gasteiger charge is -2.34. The molecule has 1 aromatic carbocycles. The highest BCUT2D eigenvalue weighted by Crippen LogP contribution is 2.34. The van der Waals surface area contributed by atoms with Crippen LogP contribution in [-0.2, 0) is 17.8 Å². The Kier molecular flexibility index (Phi) is 6.13. The molecular formula is C22H31N7O4. The second-order valence-electron chi connectivity index (χ2n) is 9.50. The number of amides is 1. The van der Waals surface area contributed by atoms with E-state index in [1.165, 1.54) is 0 Å². The van der Waals surface area contributed by atoms with Crippen molar-refractivity contribution in [3.63, 3.8) is 0 Å². The Bertz CT molecular complexity index is 1040. The fourth-order valence-corrected chi connectivity index (χ4v) is 4.44. The van der Waals surface area contributed by atoms with Crippen molar-refractivity contribution in [1.82, 2.24) is 19.7 Å². The van der Waals surface area contributed by atoms with Crippen molar-refractivity contribution < 1.29 is 14.5 Å². The van der Waals surface area contributed by atoms with Crippen molar-refractivity contribution in [3.05, 3.63) is 40.0 Å². The molecule has 0 aliphatic carbocycles. The summed E-state index contributed by atoms with van der Waals surface area (Å²) in [5, 5.41) is 22.9. The van der Waals surface area contributed by atoms with E-state index in [1.807, 2.05) is 32.9 Å². The molecule has 11 heteroatoms. The van der Waals surface area contributed by atoms with E-state index in [0.29, 0.717) is 25.3 Å². The molecule has 1 N–H and O–H groups in total. The number of fused-ring (bicyclic) bond motifs is 1. The Morgan fingerprint density at radius 1 is 1.18 bits per heavy atom. The maximum Gasteiger partial charge on any atom is 0.410 e.